The Hall–Kier alpha value is -1.03. The van der Waals surface area contributed by atoms with Crippen molar-refractivity contribution >= 4 is 5.91 Å². The molecule has 122 valence electrons. The van der Waals surface area contributed by atoms with Crippen LogP contribution in [0.3, 0.4) is 0 Å². The fourth-order valence-corrected chi connectivity index (χ4v) is 2.50. The van der Waals surface area contributed by atoms with Crippen molar-refractivity contribution in [3.05, 3.63) is 0 Å². The Labute approximate surface area is 116 Å². The first-order chi connectivity index (χ1) is 9.55. The SMILES string of the molecule is O=C(C(C(F)(F)F)C(F)(F)F)N1CCC2(CC1)OCCO2. The summed E-state index contributed by atoms with van der Waals surface area (Å²) in [5, 5.41) is 0. The number of amides is 1. The molecule has 1 spiro atoms. The molecule has 0 radical (unpaired) electrons. The average Bonchev–Trinajstić information content (AvgIpc) is 2.74. The highest BCUT2D eigenvalue weighted by Crippen LogP contribution is 2.41. The maximum Gasteiger partial charge on any atom is 0.409 e. The zero-order valence-electron chi connectivity index (χ0n) is 10.8. The molecule has 4 nitrogen and oxygen atoms in total. The maximum absolute atomic E-state index is 12.5. The number of ether oxygens (including phenoxy) is 2. The second-order valence-corrected chi connectivity index (χ2v) is 4.95. The van der Waals surface area contributed by atoms with E-state index in [4.69, 9.17) is 9.47 Å². The minimum Gasteiger partial charge on any atom is -0.347 e. The molecule has 21 heavy (non-hydrogen) atoms. The van der Waals surface area contributed by atoms with Crippen LogP contribution in [-0.4, -0.2) is 55.3 Å². The van der Waals surface area contributed by atoms with Gasteiger partial charge in [0.1, 0.15) is 0 Å². The van der Waals surface area contributed by atoms with Gasteiger partial charge in [0.25, 0.3) is 0 Å². The normalized spacial score (nSPS) is 23.1. The summed E-state index contributed by atoms with van der Waals surface area (Å²) in [6.45, 7) is 0.117. The fraction of sp³-hybridized carbons (Fsp3) is 0.909. The van der Waals surface area contributed by atoms with Crippen molar-refractivity contribution in [2.75, 3.05) is 26.3 Å². The Morgan fingerprint density at radius 3 is 1.76 bits per heavy atom. The van der Waals surface area contributed by atoms with Gasteiger partial charge in [0.15, 0.2) is 5.79 Å². The van der Waals surface area contributed by atoms with E-state index in [2.05, 4.69) is 0 Å². The minimum absolute atomic E-state index is 0.0567. The minimum atomic E-state index is -5.66. The van der Waals surface area contributed by atoms with Gasteiger partial charge in [-0.05, 0) is 0 Å². The Morgan fingerprint density at radius 2 is 1.38 bits per heavy atom. The van der Waals surface area contributed by atoms with Gasteiger partial charge in [-0.25, -0.2) is 0 Å². The van der Waals surface area contributed by atoms with Crippen LogP contribution >= 0.6 is 0 Å². The zero-order valence-corrected chi connectivity index (χ0v) is 10.8. The van der Waals surface area contributed by atoms with Crippen molar-refractivity contribution in [2.24, 2.45) is 5.92 Å². The summed E-state index contributed by atoms with van der Waals surface area (Å²) in [6, 6.07) is 0. The van der Waals surface area contributed by atoms with Crippen LogP contribution in [0.5, 0.6) is 0 Å². The summed E-state index contributed by atoms with van der Waals surface area (Å²) in [7, 11) is 0. The quantitative estimate of drug-likeness (QED) is 0.694. The molecule has 1 amide bonds. The van der Waals surface area contributed by atoms with Crippen molar-refractivity contribution in [2.45, 2.75) is 31.0 Å². The summed E-state index contributed by atoms with van der Waals surface area (Å²) < 4.78 is 85.6. The third-order valence-electron chi connectivity index (χ3n) is 3.55. The number of piperidine rings is 1. The number of likely N-dealkylation sites (tertiary alicyclic amines) is 1. The highest BCUT2D eigenvalue weighted by atomic mass is 19.4. The van der Waals surface area contributed by atoms with Crippen LogP contribution in [0.15, 0.2) is 0 Å². The largest absolute Gasteiger partial charge is 0.409 e. The summed E-state index contributed by atoms with van der Waals surface area (Å²) in [5.74, 6) is -6.92. The van der Waals surface area contributed by atoms with Crippen LogP contribution in [0, 0.1) is 5.92 Å². The first kappa shape index (κ1) is 16.3. The standard InChI is InChI=1S/C11H13F6NO3/c12-10(13,14)7(11(15,16)17)8(19)18-3-1-9(2-4-18)20-5-6-21-9/h7H,1-6H2. The van der Waals surface area contributed by atoms with Crippen LogP contribution in [0.2, 0.25) is 0 Å². The molecule has 0 unspecified atom stereocenters. The van der Waals surface area contributed by atoms with E-state index in [-0.39, 0.29) is 25.9 Å². The molecular weight excluding hydrogens is 308 g/mol. The van der Waals surface area contributed by atoms with E-state index in [0.717, 1.165) is 0 Å². The van der Waals surface area contributed by atoms with Gasteiger partial charge < -0.3 is 14.4 Å². The molecule has 0 aromatic carbocycles. The number of carbonyl (C=O) groups excluding carboxylic acids is 1. The number of alkyl halides is 6. The van der Waals surface area contributed by atoms with Gasteiger partial charge >= 0.3 is 12.4 Å². The van der Waals surface area contributed by atoms with Crippen LogP contribution < -0.4 is 0 Å². The lowest BCUT2D eigenvalue weighted by Gasteiger charge is -2.39. The first-order valence-electron chi connectivity index (χ1n) is 6.25. The van der Waals surface area contributed by atoms with Crippen molar-refractivity contribution < 1.29 is 40.6 Å². The molecule has 2 aliphatic heterocycles. The average molecular weight is 321 g/mol. The summed E-state index contributed by atoms with van der Waals surface area (Å²) in [5.41, 5.74) is 0. The molecule has 2 saturated heterocycles. The maximum atomic E-state index is 12.5. The van der Waals surface area contributed by atoms with E-state index in [1.165, 1.54) is 0 Å². The molecule has 2 aliphatic rings. The van der Waals surface area contributed by atoms with Crippen molar-refractivity contribution in [1.82, 2.24) is 4.90 Å². The van der Waals surface area contributed by atoms with Crippen molar-refractivity contribution in [1.29, 1.82) is 0 Å². The molecule has 2 heterocycles. The lowest BCUT2D eigenvalue weighted by atomic mass is 10.0. The highest BCUT2D eigenvalue weighted by Gasteiger charge is 2.62. The van der Waals surface area contributed by atoms with Crippen LogP contribution in [0.1, 0.15) is 12.8 Å². The van der Waals surface area contributed by atoms with Crippen LogP contribution in [-0.2, 0) is 14.3 Å². The number of rotatable bonds is 1. The van der Waals surface area contributed by atoms with E-state index < -0.39 is 30.0 Å². The molecular formula is C11H13F6NO3. The molecule has 0 aliphatic carbocycles. The van der Waals surface area contributed by atoms with Gasteiger partial charge in [-0.3, -0.25) is 4.79 Å². The molecule has 2 fully saturated rings. The summed E-state index contributed by atoms with van der Waals surface area (Å²) >= 11 is 0. The monoisotopic (exact) mass is 321 g/mol. The molecule has 0 atom stereocenters. The Balaban J connectivity index is 2.06. The van der Waals surface area contributed by atoms with E-state index in [9.17, 15) is 31.1 Å². The van der Waals surface area contributed by atoms with Gasteiger partial charge in [-0.2, -0.15) is 26.3 Å². The number of carbonyl (C=O) groups is 1. The Morgan fingerprint density at radius 1 is 0.952 bits per heavy atom. The second-order valence-electron chi connectivity index (χ2n) is 4.95. The Kier molecular flexibility index (Phi) is 4.13. The van der Waals surface area contributed by atoms with E-state index >= 15 is 0 Å². The number of halogens is 6. The van der Waals surface area contributed by atoms with Crippen LogP contribution in [0.4, 0.5) is 26.3 Å². The highest BCUT2D eigenvalue weighted by molar-refractivity contribution is 5.80. The lowest BCUT2D eigenvalue weighted by Crippen LogP contribution is -2.54. The molecule has 0 aromatic rings. The smallest absolute Gasteiger partial charge is 0.347 e. The van der Waals surface area contributed by atoms with Crippen molar-refractivity contribution in [3.8, 4) is 0 Å². The number of hydrogen-bond acceptors (Lipinski definition) is 3. The predicted molar refractivity (Wildman–Crippen MR) is 56.0 cm³/mol. The Bertz CT molecular complexity index is 378. The molecule has 0 bridgehead atoms. The molecule has 0 saturated carbocycles. The second kappa shape index (κ2) is 5.31. The molecule has 10 heteroatoms. The fourth-order valence-electron chi connectivity index (χ4n) is 2.50. The van der Waals surface area contributed by atoms with E-state index in [1.54, 1.807) is 0 Å². The summed E-state index contributed by atoms with van der Waals surface area (Å²) in [4.78, 5) is 12.2. The van der Waals surface area contributed by atoms with Gasteiger partial charge in [-0.1, -0.05) is 0 Å². The van der Waals surface area contributed by atoms with Gasteiger partial charge in [0.05, 0.1) is 13.2 Å². The van der Waals surface area contributed by atoms with Gasteiger partial charge in [0, 0.05) is 25.9 Å². The summed E-state index contributed by atoms with van der Waals surface area (Å²) in [6.07, 6.45) is -11.2. The number of nitrogens with zero attached hydrogens (tertiary/aromatic N) is 1. The van der Waals surface area contributed by atoms with Gasteiger partial charge in [-0.15, -0.1) is 0 Å². The van der Waals surface area contributed by atoms with E-state index in [1.807, 2.05) is 0 Å². The first-order valence-corrected chi connectivity index (χ1v) is 6.25. The molecule has 2 rings (SSSR count). The molecule has 0 N–H and O–H groups in total. The third-order valence-corrected chi connectivity index (χ3v) is 3.55. The van der Waals surface area contributed by atoms with E-state index in [0.29, 0.717) is 18.1 Å². The lowest BCUT2D eigenvalue weighted by molar-refractivity contribution is -0.278. The van der Waals surface area contributed by atoms with Crippen molar-refractivity contribution in [3.63, 3.8) is 0 Å². The zero-order chi connectivity index (χ0) is 15.9. The third kappa shape index (κ3) is 3.42. The van der Waals surface area contributed by atoms with Gasteiger partial charge in [0.2, 0.25) is 11.8 Å². The van der Waals surface area contributed by atoms with Crippen LogP contribution in [0.25, 0.3) is 0 Å². The molecule has 0 aromatic heterocycles. The number of hydrogen-bond donors (Lipinski definition) is 0. The topological polar surface area (TPSA) is 38.8 Å². The predicted octanol–water partition coefficient (Wildman–Crippen LogP) is 2.09.